The Labute approximate surface area is 62.5 Å². The van der Waals surface area contributed by atoms with E-state index in [4.69, 9.17) is 9.81 Å². The third-order valence-electron chi connectivity index (χ3n) is 0.956. The van der Waals surface area contributed by atoms with Gasteiger partial charge in [-0.2, -0.15) is 5.26 Å². The summed E-state index contributed by atoms with van der Waals surface area (Å²) >= 11 is 0.616. The molecule has 3 nitrogen and oxygen atoms in total. The molecule has 0 radical (unpaired) electrons. The molecule has 0 atom stereocenters. The highest BCUT2D eigenvalue weighted by Gasteiger charge is 1.91. The molecule has 50 valence electrons. The second-order valence-electron chi connectivity index (χ2n) is 1.58. The Bertz CT molecular complexity index is 251. The Kier molecular flexibility index (Phi) is 2.26. The highest BCUT2D eigenvalue weighted by Crippen LogP contribution is 2.11. The summed E-state index contributed by atoms with van der Waals surface area (Å²) in [5.41, 5.74) is 0.359. The maximum absolute atomic E-state index is 8.49. The van der Waals surface area contributed by atoms with Gasteiger partial charge >= 0.3 is 0 Å². The van der Waals surface area contributed by atoms with Crippen LogP contribution in [0.25, 0.3) is 0 Å². The van der Waals surface area contributed by atoms with Crippen molar-refractivity contribution in [3.63, 3.8) is 0 Å². The summed E-state index contributed by atoms with van der Waals surface area (Å²) in [5, 5.41) is 8.32. The van der Waals surface area contributed by atoms with Crippen LogP contribution in [0.5, 0.6) is 0 Å². The van der Waals surface area contributed by atoms with Gasteiger partial charge in [0.15, 0.2) is 0 Å². The van der Waals surface area contributed by atoms with E-state index in [-0.39, 0.29) is 0 Å². The Balaban J connectivity index is 2.93. The predicted molar refractivity (Wildman–Crippen MR) is 37.4 cm³/mol. The number of rotatable bonds is 1. The lowest BCUT2D eigenvalue weighted by atomic mass is 10.4. The van der Waals surface area contributed by atoms with Crippen molar-refractivity contribution in [2.45, 2.75) is 4.90 Å². The van der Waals surface area contributed by atoms with Gasteiger partial charge in [-0.1, -0.05) is 0 Å². The van der Waals surface area contributed by atoms with Crippen LogP contribution in [0.3, 0.4) is 0 Å². The molecule has 0 aliphatic heterocycles. The van der Waals surface area contributed by atoms with Crippen LogP contribution in [0.1, 0.15) is 5.69 Å². The Morgan fingerprint density at radius 3 is 2.80 bits per heavy atom. The van der Waals surface area contributed by atoms with E-state index in [0.717, 1.165) is 0 Å². The van der Waals surface area contributed by atoms with Gasteiger partial charge in [-0.25, -0.2) is 4.98 Å². The standard InChI is InChI=1S/C6H4N2OS/c7-3-5-1-2-6(10-9)4-8-5/h1-2,4,9H. The van der Waals surface area contributed by atoms with Crippen LogP contribution >= 0.6 is 12.0 Å². The number of pyridine rings is 1. The summed E-state index contributed by atoms with van der Waals surface area (Å²) in [6.45, 7) is 0. The third-order valence-corrected chi connectivity index (χ3v) is 1.41. The number of nitriles is 1. The second-order valence-corrected chi connectivity index (χ2v) is 2.24. The molecular formula is C6H4N2OS. The minimum absolute atomic E-state index is 0.359. The molecule has 0 bridgehead atoms. The van der Waals surface area contributed by atoms with Gasteiger partial charge < -0.3 is 4.55 Å². The van der Waals surface area contributed by atoms with Crippen molar-refractivity contribution < 1.29 is 4.55 Å². The van der Waals surface area contributed by atoms with Crippen LogP contribution in [0.2, 0.25) is 0 Å². The van der Waals surface area contributed by atoms with E-state index in [1.165, 1.54) is 6.20 Å². The largest absolute Gasteiger partial charge is 0.325 e. The highest BCUT2D eigenvalue weighted by molar-refractivity contribution is 7.93. The van der Waals surface area contributed by atoms with Crippen molar-refractivity contribution in [1.82, 2.24) is 4.98 Å². The summed E-state index contributed by atoms with van der Waals surface area (Å²) < 4.78 is 8.49. The first-order chi connectivity index (χ1) is 4.86. The van der Waals surface area contributed by atoms with Crippen LogP contribution in [0.4, 0.5) is 0 Å². The number of hydrogen-bond acceptors (Lipinski definition) is 4. The van der Waals surface area contributed by atoms with E-state index in [2.05, 4.69) is 4.98 Å². The fraction of sp³-hybridized carbons (Fsp3) is 0. The maximum Gasteiger partial charge on any atom is 0.140 e. The summed E-state index contributed by atoms with van der Waals surface area (Å²) in [5.74, 6) is 0. The molecule has 0 aromatic carbocycles. The molecule has 1 heterocycles. The van der Waals surface area contributed by atoms with Crippen molar-refractivity contribution in [3.8, 4) is 6.07 Å². The van der Waals surface area contributed by atoms with Crippen molar-refractivity contribution >= 4 is 12.0 Å². The first-order valence-electron chi connectivity index (χ1n) is 2.54. The van der Waals surface area contributed by atoms with E-state index >= 15 is 0 Å². The molecule has 1 rings (SSSR count). The van der Waals surface area contributed by atoms with Crippen molar-refractivity contribution in [2.24, 2.45) is 0 Å². The van der Waals surface area contributed by atoms with Crippen LogP contribution < -0.4 is 0 Å². The Hall–Kier alpha value is -1.05. The summed E-state index contributed by atoms with van der Waals surface area (Å²) in [7, 11) is 0. The van der Waals surface area contributed by atoms with Gasteiger partial charge in [0.05, 0.1) is 4.90 Å². The van der Waals surface area contributed by atoms with Gasteiger partial charge in [-0.05, 0) is 12.1 Å². The van der Waals surface area contributed by atoms with E-state index in [1.54, 1.807) is 12.1 Å². The van der Waals surface area contributed by atoms with Gasteiger partial charge in [-0.3, -0.25) is 0 Å². The monoisotopic (exact) mass is 152 g/mol. The van der Waals surface area contributed by atoms with E-state index in [1.807, 2.05) is 6.07 Å². The van der Waals surface area contributed by atoms with Crippen LogP contribution in [0.15, 0.2) is 23.2 Å². The van der Waals surface area contributed by atoms with Gasteiger partial charge in [0.25, 0.3) is 0 Å². The first-order valence-corrected chi connectivity index (χ1v) is 3.31. The minimum Gasteiger partial charge on any atom is -0.325 e. The SMILES string of the molecule is N#Cc1ccc(SO)cn1. The molecule has 0 spiro atoms. The van der Waals surface area contributed by atoms with Gasteiger partial charge in [0.1, 0.15) is 11.8 Å². The highest BCUT2D eigenvalue weighted by atomic mass is 32.2. The minimum atomic E-state index is 0.359. The molecule has 1 aromatic rings. The average Bonchev–Trinajstić information content (AvgIpc) is 2.05. The van der Waals surface area contributed by atoms with Gasteiger partial charge in [-0.15, -0.1) is 0 Å². The Morgan fingerprint density at radius 1 is 1.60 bits per heavy atom. The molecule has 0 amide bonds. The zero-order valence-corrected chi connectivity index (χ0v) is 5.80. The molecule has 0 fully saturated rings. The van der Waals surface area contributed by atoms with Crippen molar-refractivity contribution in [2.75, 3.05) is 0 Å². The van der Waals surface area contributed by atoms with Gasteiger partial charge in [0, 0.05) is 18.2 Å². The smallest absolute Gasteiger partial charge is 0.140 e. The second kappa shape index (κ2) is 3.20. The lowest BCUT2D eigenvalue weighted by molar-refractivity contribution is 0.663. The topological polar surface area (TPSA) is 56.9 Å². The van der Waals surface area contributed by atoms with Crippen molar-refractivity contribution in [3.05, 3.63) is 24.0 Å². The summed E-state index contributed by atoms with van der Waals surface area (Å²) in [4.78, 5) is 4.36. The number of aromatic nitrogens is 1. The maximum atomic E-state index is 8.49. The zero-order valence-electron chi connectivity index (χ0n) is 4.98. The zero-order chi connectivity index (χ0) is 7.40. The van der Waals surface area contributed by atoms with Gasteiger partial charge in [0.2, 0.25) is 0 Å². The van der Waals surface area contributed by atoms with E-state index < -0.39 is 0 Å². The molecule has 0 unspecified atom stereocenters. The Morgan fingerprint density at radius 2 is 2.40 bits per heavy atom. The van der Waals surface area contributed by atoms with Crippen molar-refractivity contribution in [1.29, 1.82) is 5.26 Å². The van der Waals surface area contributed by atoms with Crippen LogP contribution in [-0.2, 0) is 0 Å². The quantitative estimate of drug-likeness (QED) is 0.620. The van der Waals surface area contributed by atoms with Crippen LogP contribution in [-0.4, -0.2) is 9.54 Å². The van der Waals surface area contributed by atoms with Crippen LogP contribution in [0, 0.1) is 11.3 Å². The fourth-order valence-corrected chi connectivity index (χ4v) is 0.729. The molecule has 1 aromatic heterocycles. The molecule has 0 saturated carbocycles. The van der Waals surface area contributed by atoms with E-state index in [9.17, 15) is 0 Å². The summed E-state index contributed by atoms with van der Waals surface area (Å²) in [6.07, 6.45) is 1.45. The molecule has 4 heteroatoms. The normalized spacial score (nSPS) is 8.80. The lowest BCUT2D eigenvalue weighted by Crippen LogP contribution is -1.79. The third kappa shape index (κ3) is 1.47. The van der Waals surface area contributed by atoms with E-state index in [0.29, 0.717) is 22.6 Å². The first kappa shape index (κ1) is 7.06. The molecule has 0 aliphatic rings. The molecule has 1 N–H and O–H groups in total. The summed E-state index contributed by atoms with van der Waals surface area (Å²) in [6, 6.07) is 5.07. The number of nitrogens with zero attached hydrogens (tertiary/aromatic N) is 2. The lowest BCUT2D eigenvalue weighted by Gasteiger charge is -1.90. The number of hydrogen-bond donors (Lipinski definition) is 1. The predicted octanol–water partition coefficient (Wildman–Crippen LogP) is 1.52. The molecule has 0 aliphatic carbocycles. The average molecular weight is 152 g/mol. The molecular weight excluding hydrogens is 148 g/mol. The fourth-order valence-electron chi connectivity index (χ4n) is 0.500. The molecule has 10 heavy (non-hydrogen) atoms. The molecule has 0 saturated heterocycles.